The van der Waals surface area contributed by atoms with E-state index in [0.29, 0.717) is 17.7 Å². The smallest absolute Gasteiger partial charge is 0.231 e. The number of likely N-dealkylation sites (N-methyl/N-ethyl adjacent to an activating group) is 1. The van der Waals surface area contributed by atoms with Crippen LogP contribution in [0.15, 0.2) is 38.2 Å². The summed E-state index contributed by atoms with van der Waals surface area (Å²) in [4.78, 5) is 5.68. The zero-order valence-corrected chi connectivity index (χ0v) is 14.9. The highest BCUT2D eigenvalue weighted by Crippen LogP contribution is 2.29. The molecule has 1 N–H and O–H groups in total. The van der Waals surface area contributed by atoms with Gasteiger partial charge in [-0.05, 0) is 41.5 Å². The second-order valence-corrected chi connectivity index (χ2v) is 6.77. The first-order chi connectivity index (χ1) is 10.1. The van der Waals surface area contributed by atoms with Crippen LogP contribution in [-0.4, -0.2) is 22.7 Å². The first-order valence-electron chi connectivity index (χ1n) is 7.05. The molecule has 0 aliphatic rings. The van der Waals surface area contributed by atoms with Crippen molar-refractivity contribution in [3.63, 3.8) is 0 Å². The van der Waals surface area contributed by atoms with Crippen molar-refractivity contribution in [3.05, 3.63) is 40.5 Å². The van der Waals surface area contributed by atoms with E-state index in [9.17, 15) is 0 Å². The predicted octanol–water partition coefficient (Wildman–Crippen LogP) is 4.23. The molecule has 0 bridgehead atoms. The average molecular weight is 370 g/mol. The van der Waals surface area contributed by atoms with E-state index in [1.54, 1.807) is 11.8 Å². The molecule has 0 fully saturated rings. The molecule has 0 saturated carbocycles. The maximum absolute atomic E-state index is 5.39. The van der Waals surface area contributed by atoms with Gasteiger partial charge in [-0.2, -0.15) is 4.98 Å². The molecule has 0 saturated heterocycles. The summed E-state index contributed by atoms with van der Waals surface area (Å²) in [7, 11) is 0. The Hall–Kier alpha value is -0.850. The van der Waals surface area contributed by atoms with Gasteiger partial charge in [-0.3, -0.25) is 0 Å². The van der Waals surface area contributed by atoms with Crippen molar-refractivity contribution in [2.24, 2.45) is 0 Å². The molecule has 2 aromatic rings. The third kappa shape index (κ3) is 4.56. The fourth-order valence-corrected chi connectivity index (χ4v) is 3.34. The maximum atomic E-state index is 5.39. The first kappa shape index (κ1) is 16.5. The molecule has 1 aromatic carbocycles. The van der Waals surface area contributed by atoms with Crippen LogP contribution in [-0.2, 0) is 5.75 Å². The molecular formula is C15H20BrN3OS. The number of nitrogens with zero attached hydrogens (tertiary/aromatic N) is 2. The van der Waals surface area contributed by atoms with Gasteiger partial charge in [-0.25, -0.2) is 0 Å². The lowest BCUT2D eigenvalue weighted by Crippen LogP contribution is -2.30. The molecule has 0 spiro atoms. The van der Waals surface area contributed by atoms with Gasteiger partial charge in [-0.1, -0.05) is 31.1 Å². The van der Waals surface area contributed by atoms with Gasteiger partial charge >= 0.3 is 0 Å². The van der Waals surface area contributed by atoms with Crippen LogP contribution in [0.25, 0.3) is 0 Å². The lowest BCUT2D eigenvalue weighted by molar-refractivity contribution is 0.330. The Morgan fingerprint density at radius 1 is 1.33 bits per heavy atom. The normalized spacial score (nSPS) is 14.1. The number of rotatable bonds is 7. The van der Waals surface area contributed by atoms with Crippen molar-refractivity contribution in [1.29, 1.82) is 0 Å². The van der Waals surface area contributed by atoms with Crippen LogP contribution in [0.5, 0.6) is 0 Å². The van der Waals surface area contributed by atoms with E-state index in [-0.39, 0.29) is 5.92 Å². The second kappa shape index (κ2) is 7.96. The van der Waals surface area contributed by atoms with E-state index in [4.69, 9.17) is 4.52 Å². The summed E-state index contributed by atoms with van der Waals surface area (Å²) in [6.07, 6.45) is 0. The fraction of sp³-hybridized carbons (Fsp3) is 0.467. The Morgan fingerprint density at radius 2 is 2.10 bits per heavy atom. The highest BCUT2D eigenvalue weighted by molar-refractivity contribution is 9.10. The zero-order chi connectivity index (χ0) is 15.2. The van der Waals surface area contributed by atoms with E-state index < -0.39 is 0 Å². The van der Waals surface area contributed by atoms with Crippen LogP contribution in [0.2, 0.25) is 0 Å². The topological polar surface area (TPSA) is 51.0 Å². The standard InChI is InChI=1S/C15H20BrN3OS/c1-4-17-11(3)10(2)15-18-14(19-20-15)9-21-13-8-6-5-7-12(13)16/h5-8,10-11,17H,4,9H2,1-3H3. The van der Waals surface area contributed by atoms with Gasteiger partial charge in [-0.15, -0.1) is 11.8 Å². The molecule has 1 heterocycles. The van der Waals surface area contributed by atoms with Crippen LogP contribution in [0.4, 0.5) is 0 Å². The summed E-state index contributed by atoms with van der Waals surface area (Å²) < 4.78 is 6.48. The van der Waals surface area contributed by atoms with Crippen molar-refractivity contribution in [1.82, 2.24) is 15.5 Å². The van der Waals surface area contributed by atoms with Crippen LogP contribution in [0, 0.1) is 0 Å². The van der Waals surface area contributed by atoms with Gasteiger partial charge in [0, 0.05) is 15.4 Å². The predicted molar refractivity (Wildman–Crippen MR) is 89.6 cm³/mol. The number of aromatic nitrogens is 2. The number of halogens is 1. The number of nitrogens with one attached hydrogen (secondary N) is 1. The van der Waals surface area contributed by atoms with Gasteiger partial charge in [0.1, 0.15) is 0 Å². The van der Waals surface area contributed by atoms with Crippen LogP contribution in [0.3, 0.4) is 0 Å². The minimum atomic E-state index is 0.208. The van der Waals surface area contributed by atoms with Crippen LogP contribution in [0.1, 0.15) is 38.4 Å². The SMILES string of the molecule is CCNC(C)C(C)c1nc(CSc2ccccc2Br)no1. The Bertz CT molecular complexity index is 576. The van der Waals surface area contributed by atoms with Crippen molar-refractivity contribution in [2.75, 3.05) is 6.54 Å². The quantitative estimate of drug-likeness (QED) is 0.740. The van der Waals surface area contributed by atoms with Gasteiger partial charge in [0.05, 0.1) is 11.7 Å². The summed E-state index contributed by atoms with van der Waals surface area (Å²) in [5, 5.41) is 7.45. The number of thioether (sulfide) groups is 1. The molecule has 0 radical (unpaired) electrons. The first-order valence-corrected chi connectivity index (χ1v) is 8.82. The lowest BCUT2D eigenvalue weighted by Gasteiger charge is -2.16. The van der Waals surface area contributed by atoms with Crippen molar-refractivity contribution < 1.29 is 4.52 Å². The summed E-state index contributed by atoms with van der Waals surface area (Å²) in [6, 6.07) is 8.45. The summed E-state index contributed by atoms with van der Waals surface area (Å²) >= 11 is 5.24. The van der Waals surface area contributed by atoms with E-state index in [0.717, 1.165) is 16.8 Å². The number of hydrogen-bond donors (Lipinski definition) is 1. The van der Waals surface area contributed by atoms with Crippen molar-refractivity contribution in [2.45, 2.75) is 43.4 Å². The molecule has 2 unspecified atom stereocenters. The minimum Gasteiger partial charge on any atom is -0.339 e. The monoisotopic (exact) mass is 369 g/mol. The van der Waals surface area contributed by atoms with Gasteiger partial charge in [0.15, 0.2) is 5.82 Å². The molecule has 2 atom stereocenters. The van der Waals surface area contributed by atoms with Crippen LogP contribution >= 0.6 is 27.7 Å². The Morgan fingerprint density at radius 3 is 2.81 bits per heavy atom. The maximum Gasteiger partial charge on any atom is 0.231 e. The highest BCUT2D eigenvalue weighted by atomic mass is 79.9. The molecule has 0 aliphatic heterocycles. The minimum absolute atomic E-state index is 0.208. The Balaban J connectivity index is 1.96. The number of benzene rings is 1. The Kier molecular flexibility index (Phi) is 6.26. The van der Waals surface area contributed by atoms with E-state index in [1.807, 2.05) is 18.2 Å². The van der Waals surface area contributed by atoms with E-state index >= 15 is 0 Å². The van der Waals surface area contributed by atoms with Gasteiger partial charge in [0.25, 0.3) is 0 Å². The van der Waals surface area contributed by atoms with E-state index in [2.05, 4.69) is 58.2 Å². The summed E-state index contributed by atoms with van der Waals surface area (Å²) in [5.41, 5.74) is 0. The second-order valence-electron chi connectivity index (χ2n) is 4.90. The molecule has 21 heavy (non-hydrogen) atoms. The van der Waals surface area contributed by atoms with Crippen molar-refractivity contribution in [3.8, 4) is 0 Å². The van der Waals surface area contributed by atoms with Crippen LogP contribution < -0.4 is 5.32 Å². The molecule has 0 aliphatic carbocycles. The molecular weight excluding hydrogens is 350 g/mol. The summed E-state index contributed by atoms with van der Waals surface area (Å²) in [6.45, 7) is 7.26. The largest absolute Gasteiger partial charge is 0.339 e. The van der Waals surface area contributed by atoms with Gasteiger partial charge in [0.2, 0.25) is 5.89 Å². The molecule has 4 nitrogen and oxygen atoms in total. The molecule has 114 valence electrons. The fourth-order valence-electron chi connectivity index (χ4n) is 1.93. The third-order valence-electron chi connectivity index (χ3n) is 3.34. The number of hydrogen-bond acceptors (Lipinski definition) is 5. The van der Waals surface area contributed by atoms with Crippen molar-refractivity contribution >= 4 is 27.7 Å². The molecule has 6 heteroatoms. The highest BCUT2D eigenvalue weighted by Gasteiger charge is 2.20. The summed E-state index contributed by atoms with van der Waals surface area (Å²) in [5.74, 6) is 2.35. The third-order valence-corrected chi connectivity index (χ3v) is 5.37. The molecule has 1 aromatic heterocycles. The average Bonchev–Trinajstić information content (AvgIpc) is 2.95. The molecule has 0 amide bonds. The van der Waals surface area contributed by atoms with Gasteiger partial charge < -0.3 is 9.84 Å². The van der Waals surface area contributed by atoms with E-state index in [1.165, 1.54) is 4.90 Å². The zero-order valence-electron chi connectivity index (χ0n) is 12.5. The lowest BCUT2D eigenvalue weighted by atomic mass is 10.0. The molecule has 2 rings (SSSR count). The Labute approximate surface area is 138 Å².